The Morgan fingerprint density at radius 1 is 1.12 bits per heavy atom. The summed E-state index contributed by atoms with van der Waals surface area (Å²) in [6.45, 7) is 1.30. The molecule has 0 saturated carbocycles. The SMILES string of the molecule is COc1ccc(C(NC(=O)CN2CC(C#N)C2)C(=O)Nc2ccc(S(C)(C)C)cc2)cc1. The van der Waals surface area contributed by atoms with Crippen LogP contribution in [0.5, 0.6) is 5.75 Å². The van der Waals surface area contributed by atoms with E-state index in [0.29, 0.717) is 30.1 Å². The van der Waals surface area contributed by atoms with Crippen LogP contribution in [0.4, 0.5) is 5.69 Å². The number of carbonyl (C=O) groups excluding carboxylic acids is 2. The highest BCUT2D eigenvalue weighted by Crippen LogP contribution is 2.45. The predicted molar refractivity (Wildman–Crippen MR) is 128 cm³/mol. The number of likely N-dealkylation sites (tertiary alicyclic amines) is 1. The Balaban J connectivity index is 1.72. The monoisotopic (exact) mass is 454 g/mol. The molecule has 8 heteroatoms. The molecule has 0 radical (unpaired) electrons. The summed E-state index contributed by atoms with van der Waals surface area (Å²) in [6, 6.07) is 16.2. The van der Waals surface area contributed by atoms with Gasteiger partial charge in [-0.3, -0.25) is 14.5 Å². The number of benzene rings is 2. The summed E-state index contributed by atoms with van der Waals surface area (Å²) < 4.78 is 5.20. The van der Waals surface area contributed by atoms with Crippen molar-refractivity contribution in [3.63, 3.8) is 0 Å². The number of methoxy groups -OCH3 is 1. The van der Waals surface area contributed by atoms with Crippen molar-refractivity contribution in [2.75, 3.05) is 50.8 Å². The van der Waals surface area contributed by atoms with Crippen LogP contribution in [0.15, 0.2) is 53.4 Å². The molecule has 1 aliphatic heterocycles. The van der Waals surface area contributed by atoms with Gasteiger partial charge in [0.25, 0.3) is 5.91 Å². The van der Waals surface area contributed by atoms with Crippen molar-refractivity contribution in [3.05, 3.63) is 54.1 Å². The van der Waals surface area contributed by atoms with Gasteiger partial charge in [0.05, 0.1) is 25.6 Å². The summed E-state index contributed by atoms with van der Waals surface area (Å²) >= 11 is 0. The average Bonchev–Trinajstić information content (AvgIpc) is 2.74. The highest BCUT2D eigenvalue weighted by atomic mass is 32.3. The number of amides is 2. The molecule has 1 aliphatic rings. The third-order valence-corrected chi connectivity index (χ3v) is 7.04. The lowest BCUT2D eigenvalue weighted by molar-refractivity contribution is -0.128. The summed E-state index contributed by atoms with van der Waals surface area (Å²) in [7, 11) is 0.724. The molecule has 0 bridgehead atoms. The van der Waals surface area contributed by atoms with Crippen LogP contribution in [0, 0.1) is 17.2 Å². The fourth-order valence-corrected chi connectivity index (χ4v) is 4.40. The Labute approximate surface area is 191 Å². The molecular formula is C24H30N4O3S. The number of nitrogens with one attached hydrogen (secondary N) is 2. The molecule has 2 aromatic carbocycles. The third-order valence-electron chi connectivity index (χ3n) is 5.35. The van der Waals surface area contributed by atoms with E-state index in [-0.39, 0.29) is 24.3 Å². The number of ether oxygens (including phenoxy) is 1. The lowest BCUT2D eigenvalue weighted by atomic mass is 10.0. The van der Waals surface area contributed by atoms with Crippen LogP contribution in [-0.4, -0.2) is 62.2 Å². The first-order chi connectivity index (χ1) is 15.2. The van der Waals surface area contributed by atoms with Crippen molar-refractivity contribution < 1.29 is 14.3 Å². The molecule has 2 amide bonds. The minimum absolute atomic E-state index is 0.0265. The van der Waals surface area contributed by atoms with Crippen LogP contribution in [0.1, 0.15) is 11.6 Å². The first kappa shape index (κ1) is 23.6. The van der Waals surface area contributed by atoms with E-state index < -0.39 is 16.1 Å². The van der Waals surface area contributed by atoms with Crippen LogP contribution in [-0.2, 0) is 9.59 Å². The molecule has 3 rings (SSSR count). The van der Waals surface area contributed by atoms with E-state index >= 15 is 0 Å². The molecule has 7 nitrogen and oxygen atoms in total. The molecule has 1 saturated heterocycles. The predicted octanol–water partition coefficient (Wildman–Crippen LogP) is 3.00. The molecule has 2 aromatic rings. The zero-order valence-corrected chi connectivity index (χ0v) is 19.7. The number of nitriles is 1. The van der Waals surface area contributed by atoms with E-state index in [2.05, 4.69) is 35.5 Å². The van der Waals surface area contributed by atoms with E-state index in [9.17, 15) is 9.59 Å². The second-order valence-electron chi connectivity index (χ2n) is 8.64. The number of hydrogen-bond acceptors (Lipinski definition) is 5. The molecule has 0 spiro atoms. The number of hydrogen-bond donors (Lipinski definition) is 2. The summed E-state index contributed by atoms with van der Waals surface area (Å²) in [5.74, 6) is 0.0611. The number of nitrogens with zero attached hydrogens (tertiary/aromatic N) is 2. The lowest BCUT2D eigenvalue weighted by Crippen LogP contribution is -2.51. The summed E-state index contributed by atoms with van der Waals surface area (Å²) in [5, 5.41) is 14.7. The summed E-state index contributed by atoms with van der Waals surface area (Å²) in [6.07, 6.45) is 6.65. The van der Waals surface area contributed by atoms with Crippen LogP contribution in [0.2, 0.25) is 0 Å². The van der Waals surface area contributed by atoms with Crippen molar-refractivity contribution >= 4 is 27.5 Å². The van der Waals surface area contributed by atoms with Gasteiger partial charge in [-0.05, 0) is 65.6 Å². The van der Waals surface area contributed by atoms with Gasteiger partial charge >= 0.3 is 0 Å². The molecule has 0 aliphatic carbocycles. The molecule has 32 heavy (non-hydrogen) atoms. The Morgan fingerprint density at radius 2 is 1.75 bits per heavy atom. The van der Waals surface area contributed by atoms with Gasteiger partial charge in [-0.2, -0.15) is 5.26 Å². The van der Waals surface area contributed by atoms with Crippen molar-refractivity contribution in [1.82, 2.24) is 10.2 Å². The maximum atomic E-state index is 13.1. The number of carbonyl (C=O) groups is 2. The highest BCUT2D eigenvalue weighted by molar-refractivity contribution is 8.32. The number of anilines is 1. The zero-order chi connectivity index (χ0) is 23.3. The Hall–Kier alpha value is -3.02. The first-order valence-electron chi connectivity index (χ1n) is 10.3. The lowest BCUT2D eigenvalue weighted by Gasteiger charge is -2.34. The molecule has 0 aromatic heterocycles. The topological polar surface area (TPSA) is 94.5 Å². The normalized spacial score (nSPS) is 15.7. The molecule has 1 fully saturated rings. The van der Waals surface area contributed by atoms with Crippen molar-refractivity contribution in [1.29, 1.82) is 5.26 Å². The number of rotatable bonds is 8. The second kappa shape index (κ2) is 10.1. The smallest absolute Gasteiger partial charge is 0.251 e. The van der Waals surface area contributed by atoms with Crippen LogP contribution in [0.25, 0.3) is 0 Å². The highest BCUT2D eigenvalue weighted by Gasteiger charge is 2.30. The third kappa shape index (κ3) is 6.02. The second-order valence-corrected chi connectivity index (χ2v) is 12.8. The standard InChI is InChI=1S/C24H30N4O3S/c1-31-20-9-5-18(6-10-20)23(27-22(29)16-28-14-17(13-25)15-28)24(30)26-19-7-11-21(12-8-19)32(2,3)4/h5-12,17,23H,14-16H2,1-4H3,(H,26,30)(H,27,29). The van der Waals surface area contributed by atoms with E-state index in [1.165, 1.54) is 4.90 Å². The fraction of sp³-hybridized carbons (Fsp3) is 0.375. The molecule has 1 atom stereocenters. The van der Waals surface area contributed by atoms with E-state index in [4.69, 9.17) is 10.00 Å². The van der Waals surface area contributed by atoms with Crippen molar-refractivity contribution in [3.8, 4) is 11.8 Å². The van der Waals surface area contributed by atoms with Crippen molar-refractivity contribution in [2.24, 2.45) is 5.92 Å². The maximum Gasteiger partial charge on any atom is 0.251 e. The molecule has 2 N–H and O–H groups in total. The van der Waals surface area contributed by atoms with Gasteiger partial charge in [0.1, 0.15) is 11.8 Å². The summed E-state index contributed by atoms with van der Waals surface area (Å²) in [4.78, 5) is 28.9. The summed E-state index contributed by atoms with van der Waals surface area (Å²) in [5.41, 5.74) is 1.33. The van der Waals surface area contributed by atoms with Crippen LogP contribution < -0.4 is 15.4 Å². The van der Waals surface area contributed by atoms with Gasteiger partial charge in [-0.25, -0.2) is 10.0 Å². The van der Waals surface area contributed by atoms with E-state index in [0.717, 1.165) is 0 Å². The molecule has 170 valence electrons. The maximum absolute atomic E-state index is 13.1. The minimum atomic E-state index is -0.852. The Bertz CT molecular complexity index is 988. The Kier molecular flexibility index (Phi) is 7.44. The quantitative estimate of drug-likeness (QED) is 0.639. The Morgan fingerprint density at radius 3 is 2.28 bits per heavy atom. The average molecular weight is 455 g/mol. The van der Waals surface area contributed by atoms with Gasteiger partial charge in [-0.1, -0.05) is 12.1 Å². The van der Waals surface area contributed by atoms with E-state index in [1.807, 2.05) is 29.2 Å². The molecule has 1 heterocycles. The molecule has 1 unspecified atom stereocenters. The van der Waals surface area contributed by atoms with Crippen LogP contribution >= 0.6 is 10.0 Å². The first-order valence-corrected chi connectivity index (χ1v) is 13.2. The van der Waals surface area contributed by atoms with Gasteiger partial charge < -0.3 is 15.4 Å². The van der Waals surface area contributed by atoms with E-state index in [1.54, 1.807) is 31.4 Å². The van der Waals surface area contributed by atoms with Crippen molar-refractivity contribution in [2.45, 2.75) is 10.9 Å². The van der Waals surface area contributed by atoms with Gasteiger partial charge in [-0.15, -0.1) is 0 Å². The zero-order valence-electron chi connectivity index (χ0n) is 18.9. The fourth-order valence-electron chi connectivity index (χ4n) is 3.45. The minimum Gasteiger partial charge on any atom is -0.497 e. The van der Waals surface area contributed by atoms with Gasteiger partial charge in [0.15, 0.2) is 0 Å². The molecular weight excluding hydrogens is 424 g/mol. The van der Waals surface area contributed by atoms with Gasteiger partial charge in [0.2, 0.25) is 5.91 Å². The van der Waals surface area contributed by atoms with Gasteiger partial charge in [0, 0.05) is 18.8 Å². The van der Waals surface area contributed by atoms with Crippen LogP contribution in [0.3, 0.4) is 0 Å². The largest absolute Gasteiger partial charge is 0.497 e.